The van der Waals surface area contributed by atoms with Crippen molar-refractivity contribution in [3.05, 3.63) is 39.5 Å². The number of aromatic nitrogens is 2. The van der Waals surface area contributed by atoms with Gasteiger partial charge in [0.2, 0.25) is 11.8 Å². The Hall–Kier alpha value is -1.33. The summed E-state index contributed by atoms with van der Waals surface area (Å²) >= 11 is 9.55. The van der Waals surface area contributed by atoms with E-state index >= 15 is 0 Å². The normalized spacial score (nSPS) is 10.7. The predicted octanol–water partition coefficient (Wildman–Crippen LogP) is 4.85. The zero-order chi connectivity index (χ0) is 14.7. The zero-order valence-corrected chi connectivity index (χ0v) is 13.8. The van der Waals surface area contributed by atoms with Gasteiger partial charge in [0, 0.05) is 11.5 Å². The topological polar surface area (TPSA) is 47.0 Å². The van der Waals surface area contributed by atoms with Crippen molar-refractivity contribution >= 4 is 33.5 Å². The van der Waals surface area contributed by atoms with Crippen LogP contribution < -0.4 is 10.1 Å². The number of rotatable bonds is 4. The Morgan fingerprint density at radius 1 is 1.35 bits per heavy atom. The minimum atomic E-state index is 0.326. The lowest BCUT2D eigenvalue weighted by Crippen LogP contribution is -2.00. The van der Waals surface area contributed by atoms with Gasteiger partial charge in [-0.3, -0.25) is 0 Å². The first-order chi connectivity index (χ1) is 9.51. The fourth-order valence-corrected chi connectivity index (χ4v) is 2.22. The maximum atomic E-state index is 6.08. The maximum Gasteiger partial charge on any atom is 0.243 e. The van der Waals surface area contributed by atoms with Crippen LogP contribution in [0.2, 0.25) is 5.02 Å². The van der Waals surface area contributed by atoms with Gasteiger partial charge >= 0.3 is 0 Å². The summed E-state index contributed by atoms with van der Waals surface area (Å²) in [6, 6.07) is 5.86. The summed E-state index contributed by atoms with van der Waals surface area (Å²) in [5.41, 5.74) is 1.08. The van der Waals surface area contributed by atoms with Crippen LogP contribution in [-0.4, -0.2) is 17.0 Å². The van der Waals surface area contributed by atoms with Crippen molar-refractivity contribution < 1.29 is 4.74 Å². The second-order valence-electron chi connectivity index (χ2n) is 4.54. The average molecular weight is 357 g/mol. The minimum Gasteiger partial charge on any atom is -0.437 e. The molecule has 0 saturated heterocycles. The van der Waals surface area contributed by atoms with E-state index in [-0.39, 0.29) is 0 Å². The molecule has 6 heteroatoms. The molecule has 0 amide bonds. The largest absolute Gasteiger partial charge is 0.437 e. The number of benzene rings is 1. The number of hydrogen-bond donors (Lipinski definition) is 1. The second-order valence-corrected chi connectivity index (χ2v) is 5.86. The monoisotopic (exact) mass is 355 g/mol. The van der Waals surface area contributed by atoms with Gasteiger partial charge in [0.25, 0.3) is 0 Å². The maximum absolute atomic E-state index is 6.08. The third kappa shape index (κ3) is 3.41. The summed E-state index contributed by atoms with van der Waals surface area (Å²) in [6.07, 6.45) is 1.52. The van der Waals surface area contributed by atoms with Gasteiger partial charge in [-0.1, -0.05) is 41.4 Å². The molecule has 1 aromatic carbocycles. The van der Waals surface area contributed by atoms with Crippen molar-refractivity contribution in [1.29, 1.82) is 0 Å². The van der Waals surface area contributed by atoms with Crippen LogP contribution >= 0.6 is 27.5 Å². The van der Waals surface area contributed by atoms with E-state index in [4.69, 9.17) is 16.3 Å². The van der Waals surface area contributed by atoms with Crippen molar-refractivity contribution in [2.75, 3.05) is 12.4 Å². The first-order valence-electron chi connectivity index (χ1n) is 6.19. The number of hydrogen-bond acceptors (Lipinski definition) is 4. The van der Waals surface area contributed by atoms with Gasteiger partial charge < -0.3 is 10.1 Å². The summed E-state index contributed by atoms with van der Waals surface area (Å²) in [4.78, 5) is 8.25. The van der Waals surface area contributed by atoms with Crippen LogP contribution in [0.3, 0.4) is 0 Å². The van der Waals surface area contributed by atoms with Gasteiger partial charge in [0.1, 0.15) is 10.8 Å². The molecule has 0 fully saturated rings. The molecule has 1 N–H and O–H groups in total. The van der Waals surface area contributed by atoms with E-state index in [9.17, 15) is 0 Å². The van der Waals surface area contributed by atoms with E-state index in [0.717, 1.165) is 15.8 Å². The molecule has 0 spiro atoms. The molecule has 0 unspecified atom stereocenters. The highest BCUT2D eigenvalue weighted by Gasteiger charge is 2.13. The molecule has 0 atom stereocenters. The fraction of sp³-hybridized carbons (Fsp3) is 0.286. The van der Waals surface area contributed by atoms with Crippen LogP contribution in [0.5, 0.6) is 11.6 Å². The molecule has 0 bridgehead atoms. The van der Waals surface area contributed by atoms with Crippen LogP contribution in [0.15, 0.2) is 28.9 Å². The highest BCUT2D eigenvalue weighted by atomic mass is 79.9. The lowest BCUT2D eigenvalue weighted by molar-refractivity contribution is 0.454. The van der Waals surface area contributed by atoms with Gasteiger partial charge in [0.05, 0.1) is 6.20 Å². The highest BCUT2D eigenvalue weighted by molar-refractivity contribution is 9.10. The molecule has 0 saturated carbocycles. The van der Waals surface area contributed by atoms with Crippen molar-refractivity contribution in [2.24, 2.45) is 0 Å². The number of ether oxygens (including phenoxy) is 1. The molecule has 0 radical (unpaired) electrons. The smallest absolute Gasteiger partial charge is 0.243 e. The number of nitrogens with one attached hydrogen (secondary N) is 1. The summed E-state index contributed by atoms with van der Waals surface area (Å²) < 4.78 is 6.87. The van der Waals surface area contributed by atoms with Gasteiger partial charge in [-0.2, -0.15) is 4.98 Å². The van der Waals surface area contributed by atoms with Crippen molar-refractivity contribution in [2.45, 2.75) is 19.8 Å². The fourth-order valence-electron chi connectivity index (χ4n) is 1.71. The Morgan fingerprint density at radius 3 is 2.75 bits per heavy atom. The Kier molecular flexibility index (Phi) is 4.83. The molecule has 0 aliphatic heterocycles. The number of anilines is 1. The third-order valence-electron chi connectivity index (χ3n) is 2.74. The lowest BCUT2D eigenvalue weighted by atomic mass is 10.0. The number of nitrogens with zero attached hydrogens (tertiary/aromatic N) is 2. The van der Waals surface area contributed by atoms with Gasteiger partial charge in [-0.05, 0) is 29.7 Å². The van der Waals surface area contributed by atoms with Crippen LogP contribution in [0.4, 0.5) is 5.95 Å². The Balaban J connectivity index is 2.39. The summed E-state index contributed by atoms with van der Waals surface area (Å²) in [7, 11) is 1.74. The SMILES string of the molecule is CNc1ncc(Cl)c(Oc2ccc(Br)cc2C(C)C)n1. The van der Waals surface area contributed by atoms with Gasteiger partial charge in [-0.15, -0.1) is 0 Å². The van der Waals surface area contributed by atoms with Crippen LogP contribution in [0.1, 0.15) is 25.3 Å². The standard InChI is InChI=1S/C14H15BrClN3O/c1-8(2)10-6-9(15)4-5-12(10)20-13-11(16)7-18-14(17-3)19-13/h4-8H,1-3H3,(H,17,18,19). The van der Waals surface area contributed by atoms with E-state index < -0.39 is 0 Å². The van der Waals surface area contributed by atoms with Crippen molar-refractivity contribution in [1.82, 2.24) is 9.97 Å². The van der Waals surface area contributed by atoms with Crippen LogP contribution in [-0.2, 0) is 0 Å². The average Bonchev–Trinajstić information content (AvgIpc) is 2.42. The molecule has 0 aliphatic rings. The Labute approximate surface area is 131 Å². The summed E-state index contributed by atoms with van der Waals surface area (Å²) in [6.45, 7) is 4.21. The second kappa shape index (κ2) is 6.41. The molecule has 2 aromatic rings. The highest BCUT2D eigenvalue weighted by Crippen LogP contribution is 2.34. The Bertz CT molecular complexity index is 619. The van der Waals surface area contributed by atoms with Crippen molar-refractivity contribution in [3.8, 4) is 11.6 Å². The first kappa shape index (κ1) is 15.1. The molecular formula is C14H15BrClN3O. The van der Waals surface area contributed by atoms with Crippen LogP contribution in [0.25, 0.3) is 0 Å². The lowest BCUT2D eigenvalue weighted by Gasteiger charge is -2.14. The van der Waals surface area contributed by atoms with E-state index in [2.05, 4.69) is 45.1 Å². The summed E-state index contributed by atoms with van der Waals surface area (Å²) in [5.74, 6) is 1.88. The van der Waals surface area contributed by atoms with E-state index in [0.29, 0.717) is 22.8 Å². The Morgan fingerprint density at radius 2 is 2.10 bits per heavy atom. The zero-order valence-electron chi connectivity index (χ0n) is 11.4. The summed E-state index contributed by atoms with van der Waals surface area (Å²) in [5, 5.41) is 3.23. The third-order valence-corrected chi connectivity index (χ3v) is 3.49. The van der Waals surface area contributed by atoms with E-state index in [1.165, 1.54) is 6.20 Å². The first-order valence-corrected chi connectivity index (χ1v) is 7.36. The molecule has 106 valence electrons. The molecule has 1 aromatic heterocycles. The van der Waals surface area contributed by atoms with Crippen LogP contribution in [0, 0.1) is 0 Å². The predicted molar refractivity (Wildman–Crippen MR) is 84.9 cm³/mol. The van der Waals surface area contributed by atoms with Crippen molar-refractivity contribution in [3.63, 3.8) is 0 Å². The molecule has 0 aliphatic carbocycles. The van der Waals surface area contributed by atoms with E-state index in [1.807, 2.05) is 18.2 Å². The molecule has 2 rings (SSSR count). The molecule has 1 heterocycles. The van der Waals surface area contributed by atoms with Gasteiger partial charge in [-0.25, -0.2) is 4.98 Å². The van der Waals surface area contributed by atoms with E-state index in [1.54, 1.807) is 7.05 Å². The molecular weight excluding hydrogens is 342 g/mol. The molecule has 4 nitrogen and oxygen atoms in total. The number of halogens is 2. The quantitative estimate of drug-likeness (QED) is 0.850. The van der Waals surface area contributed by atoms with Gasteiger partial charge in [0.15, 0.2) is 0 Å². The minimum absolute atomic E-state index is 0.326. The molecule has 20 heavy (non-hydrogen) atoms.